The normalized spacial score (nSPS) is 13.5. The molecule has 0 fully saturated rings. The zero-order chi connectivity index (χ0) is 10.6. The van der Waals surface area contributed by atoms with Gasteiger partial charge in [0, 0.05) is 6.54 Å². The Bertz CT molecular complexity index is 210. The fourth-order valence-electron chi connectivity index (χ4n) is 0.456. The Morgan fingerprint density at radius 1 is 1.54 bits per heavy atom. The van der Waals surface area contributed by atoms with Gasteiger partial charge in [-0.05, 0) is 6.92 Å². The molecule has 76 valence electrons. The molecule has 7 heteroatoms. The Hall–Kier alpha value is -1.18. The molecule has 0 aliphatic rings. The summed E-state index contributed by atoms with van der Waals surface area (Å²) in [4.78, 5) is 21.3. The Balaban J connectivity index is 4.26. The van der Waals surface area contributed by atoms with Crippen molar-refractivity contribution in [1.29, 1.82) is 0 Å². The van der Waals surface area contributed by atoms with E-state index in [1.807, 2.05) is 0 Å². The molecule has 1 atom stereocenters. The van der Waals surface area contributed by atoms with Gasteiger partial charge in [-0.3, -0.25) is 0 Å². The maximum atomic E-state index is 10.9. The molecule has 0 spiro atoms. The summed E-state index contributed by atoms with van der Waals surface area (Å²) in [5.74, 6) is -2.34. The van der Waals surface area contributed by atoms with E-state index in [9.17, 15) is 9.59 Å². The predicted molar refractivity (Wildman–Crippen MR) is 43.3 cm³/mol. The molecule has 13 heavy (non-hydrogen) atoms. The van der Waals surface area contributed by atoms with Crippen LogP contribution in [0.1, 0.15) is 6.92 Å². The average Bonchev–Trinajstić information content (AvgIpc) is 1.96. The second-order valence-corrected chi connectivity index (χ2v) is 2.75. The Kier molecular flexibility index (Phi) is 3.79. The van der Waals surface area contributed by atoms with Crippen LogP contribution in [0.3, 0.4) is 0 Å². The minimum Gasteiger partial charge on any atom is -0.478 e. The van der Waals surface area contributed by atoms with E-state index in [4.69, 9.17) is 22.3 Å². The van der Waals surface area contributed by atoms with Crippen molar-refractivity contribution < 1.29 is 19.4 Å². The highest BCUT2D eigenvalue weighted by molar-refractivity contribution is 5.83. The number of carbonyl (C=O) groups excluding carboxylic acids is 1. The van der Waals surface area contributed by atoms with Gasteiger partial charge in [0.15, 0.2) is 5.66 Å². The van der Waals surface area contributed by atoms with Crippen LogP contribution in [-0.4, -0.2) is 35.4 Å². The van der Waals surface area contributed by atoms with Gasteiger partial charge in [-0.2, -0.15) is 0 Å². The number of aliphatic carboxylic acids is 1. The van der Waals surface area contributed by atoms with E-state index in [1.165, 1.54) is 6.92 Å². The molecule has 1 unspecified atom stereocenters. The first kappa shape index (κ1) is 11.8. The molecule has 7 N–H and O–H groups in total. The van der Waals surface area contributed by atoms with Crippen LogP contribution in [0.5, 0.6) is 0 Å². The van der Waals surface area contributed by atoms with E-state index < -0.39 is 23.7 Å². The number of carboxylic acid groups (broad SMARTS) is 1. The number of esters is 1. The van der Waals surface area contributed by atoms with Gasteiger partial charge in [0.1, 0.15) is 0 Å². The number of hydrogen-bond acceptors (Lipinski definition) is 6. The molecule has 0 saturated heterocycles. The van der Waals surface area contributed by atoms with E-state index in [0.717, 1.165) is 0 Å². The topological polar surface area (TPSA) is 142 Å². The minimum atomic E-state index is -1.71. The number of ether oxygens (including phenoxy) is 1. The molecule has 0 saturated carbocycles. The lowest BCUT2D eigenvalue weighted by atomic mass is 10.2. The molecule has 0 aromatic carbocycles. The molecule has 0 bridgehead atoms. The molecule has 0 radical (unpaired) electrons. The summed E-state index contributed by atoms with van der Waals surface area (Å²) in [6.07, 6.45) is -1.40. The minimum absolute atomic E-state index is 0.322. The number of nitrogens with two attached hydrogens (primary N) is 3. The fraction of sp³-hybridized carbons (Fsp3) is 0.667. The van der Waals surface area contributed by atoms with Crippen LogP contribution in [0.25, 0.3) is 0 Å². The van der Waals surface area contributed by atoms with Gasteiger partial charge in [0.2, 0.25) is 6.10 Å². The first-order chi connectivity index (χ1) is 5.79. The van der Waals surface area contributed by atoms with Crippen LogP contribution in [0.4, 0.5) is 0 Å². The summed E-state index contributed by atoms with van der Waals surface area (Å²) in [6, 6.07) is 0. The summed E-state index contributed by atoms with van der Waals surface area (Å²) in [5.41, 5.74) is 13.6. The second kappa shape index (κ2) is 4.17. The monoisotopic (exact) mass is 191 g/mol. The summed E-state index contributed by atoms with van der Waals surface area (Å²) >= 11 is 0. The molecular formula is C6H13N3O4. The van der Waals surface area contributed by atoms with Crippen molar-refractivity contribution in [2.24, 2.45) is 17.2 Å². The van der Waals surface area contributed by atoms with Gasteiger partial charge in [-0.15, -0.1) is 0 Å². The van der Waals surface area contributed by atoms with Gasteiger partial charge >= 0.3 is 11.9 Å². The standard InChI is InChI=1S/C6H13N3O4/c1-6(8,9)5(12)13-3(2-7)4(10)11/h3H,2,7-9H2,1H3,(H,10,11). The largest absolute Gasteiger partial charge is 0.478 e. The number of hydrogen-bond donors (Lipinski definition) is 4. The molecular weight excluding hydrogens is 178 g/mol. The first-order valence-corrected chi connectivity index (χ1v) is 3.50. The molecule has 0 aliphatic carbocycles. The number of rotatable bonds is 4. The maximum Gasteiger partial charge on any atom is 0.346 e. The molecule has 0 rings (SSSR count). The zero-order valence-corrected chi connectivity index (χ0v) is 7.19. The van der Waals surface area contributed by atoms with E-state index in [1.54, 1.807) is 0 Å². The van der Waals surface area contributed by atoms with Gasteiger partial charge in [-0.25, -0.2) is 9.59 Å². The average molecular weight is 191 g/mol. The van der Waals surface area contributed by atoms with Crippen LogP contribution in [0.15, 0.2) is 0 Å². The highest BCUT2D eigenvalue weighted by atomic mass is 16.6. The van der Waals surface area contributed by atoms with Crippen molar-refractivity contribution in [1.82, 2.24) is 0 Å². The quantitative estimate of drug-likeness (QED) is 0.286. The van der Waals surface area contributed by atoms with Gasteiger partial charge in [0.25, 0.3) is 0 Å². The van der Waals surface area contributed by atoms with Crippen LogP contribution in [0, 0.1) is 0 Å². The third-order valence-electron chi connectivity index (χ3n) is 1.18. The van der Waals surface area contributed by atoms with E-state index in [2.05, 4.69) is 4.74 Å². The van der Waals surface area contributed by atoms with Crippen molar-refractivity contribution in [3.8, 4) is 0 Å². The highest BCUT2D eigenvalue weighted by Crippen LogP contribution is 1.98. The number of carboxylic acids is 1. The van der Waals surface area contributed by atoms with Gasteiger partial charge < -0.3 is 27.0 Å². The summed E-state index contributed by atoms with van der Waals surface area (Å²) in [5, 5.41) is 8.45. The third-order valence-corrected chi connectivity index (χ3v) is 1.18. The molecule has 0 aliphatic heterocycles. The second-order valence-electron chi connectivity index (χ2n) is 2.75. The summed E-state index contributed by atoms with van der Waals surface area (Å²) < 4.78 is 4.41. The van der Waals surface area contributed by atoms with Gasteiger partial charge in [0.05, 0.1) is 0 Å². The van der Waals surface area contributed by atoms with Crippen molar-refractivity contribution in [3.05, 3.63) is 0 Å². The lowest BCUT2D eigenvalue weighted by Gasteiger charge is -2.19. The molecule has 0 aromatic heterocycles. The van der Waals surface area contributed by atoms with Crippen LogP contribution in [0.2, 0.25) is 0 Å². The Labute approximate surface area is 74.8 Å². The van der Waals surface area contributed by atoms with Crippen molar-refractivity contribution in [2.45, 2.75) is 18.7 Å². The third kappa shape index (κ3) is 3.83. The lowest BCUT2D eigenvalue weighted by Crippen LogP contribution is -2.56. The Morgan fingerprint density at radius 3 is 2.23 bits per heavy atom. The zero-order valence-electron chi connectivity index (χ0n) is 7.19. The van der Waals surface area contributed by atoms with Crippen LogP contribution in [-0.2, 0) is 14.3 Å². The van der Waals surface area contributed by atoms with E-state index in [0.29, 0.717) is 0 Å². The fourth-order valence-corrected chi connectivity index (χ4v) is 0.456. The van der Waals surface area contributed by atoms with Crippen molar-refractivity contribution in [3.63, 3.8) is 0 Å². The molecule has 7 nitrogen and oxygen atoms in total. The first-order valence-electron chi connectivity index (χ1n) is 3.50. The van der Waals surface area contributed by atoms with E-state index >= 15 is 0 Å². The molecule has 0 aromatic rings. The summed E-state index contributed by atoms with van der Waals surface area (Å²) in [6.45, 7) is 0.877. The lowest BCUT2D eigenvalue weighted by molar-refractivity contribution is -0.166. The van der Waals surface area contributed by atoms with Crippen LogP contribution < -0.4 is 17.2 Å². The van der Waals surface area contributed by atoms with Gasteiger partial charge in [-0.1, -0.05) is 0 Å². The maximum absolute atomic E-state index is 10.9. The SMILES string of the molecule is CC(N)(N)C(=O)OC(CN)C(=O)O. The molecule has 0 amide bonds. The van der Waals surface area contributed by atoms with Crippen molar-refractivity contribution >= 4 is 11.9 Å². The predicted octanol–water partition coefficient (Wildman–Crippen LogP) is -2.42. The highest BCUT2D eigenvalue weighted by Gasteiger charge is 2.29. The van der Waals surface area contributed by atoms with Crippen molar-refractivity contribution in [2.75, 3.05) is 6.54 Å². The van der Waals surface area contributed by atoms with Crippen LogP contribution >= 0.6 is 0 Å². The molecule has 0 heterocycles. The smallest absolute Gasteiger partial charge is 0.346 e. The number of carbonyl (C=O) groups is 2. The van der Waals surface area contributed by atoms with E-state index in [-0.39, 0.29) is 6.54 Å². The summed E-state index contributed by atoms with van der Waals surface area (Å²) in [7, 11) is 0. The Morgan fingerprint density at radius 2 is 2.00 bits per heavy atom.